The highest BCUT2D eigenvalue weighted by Crippen LogP contribution is 2.32. The van der Waals surface area contributed by atoms with Gasteiger partial charge in [0.05, 0.1) is 5.02 Å². The Kier molecular flexibility index (Phi) is 9.07. The van der Waals surface area contributed by atoms with Crippen LogP contribution in [0.3, 0.4) is 0 Å². The average Bonchev–Trinajstić information content (AvgIpc) is 2.52. The molecule has 2 unspecified atom stereocenters. The Bertz CT molecular complexity index is 508. The summed E-state index contributed by atoms with van der Waals surface area (Å²) in [6.07, 6.45) is 2.82. The predicted octanol–water partition coefficient (Wildman–Crippen LogP) is 3.69. The maximum absolute atomic E-state index is 12.1. The van der Waals surface area contributed by atoms with E-state index in [2.05, 4.69) is 10.6 Å². The Balaban J connectivity index is 0.00000264. The summed E-state index contributed by atoms with van der Waals surface area (Å²) in [6.45, 7) is 4.52. The van der Waals surface area contributed by atoms with E-state index in [1.165, 1.54) is 12.8 Å². The van der Waals surface area contributed by atoms with Gasteiger partial charge in [-0.2, -0.15) is 0 Å². The lowest BCUT2D eigenvalue weighted by Gasteiger charge is -2.23. The summed E-state index contributed by atoms with van der Waals surface area (Å²) in [5.74, 6) is 0.931. The minimum absolute atomic E-state index is 0. The first-order valence-electron chi connectivity index (χ1n) is 7.67. The van der Waals surface area contributed by atoms with E-state index in [0.29, 0.717) is 28.3 Å². The average molecular weight is 382 g/mol. The molecule has 23 heavy (non-hydrogen) atoms. The highest BCUT2D eigenvalue weighted by atomic mass is 35.5. The van der Waals surface area contributed by atoms with E-state index < -0.39 is 6.10 Å². The molecule has 1 fully saturated rings. The van der Waals surface area contributed by atoms with Crippen LogP contribution in [0.1, 0.15) is 26.2 Å². The van der Waals surface area contributed by atoms with Crippen molar-refractivity contribution in [1.82, 2.24) is 10.6 Å². The number of piperidine rings is 1. The van der Waals surface area contributed by atoms with Crippen LogP contribution in [-0.2, 0) is 4.79 Å². The number of hydrogen-bond acceptors (Lipinski definition) is 3. The fraction of sp³-hybridized carbons (Fsp3) is 0.562. The molecule has 2 N–H and O–H groups in total. The third-order valence-corrected chi connectivity index (χ3v) is 4.64. The van der Waals surface area contributed by atoms with E-state index in [-0.39, 0.29) is 18.3 Å². The third kappa shape index (κ3) is 6.38. The molecule has 1 heterocycles. The predicted molar refractivity (Wildman–Crippen MR) is 97.0 cm³/mol. The SMILES string of the molecule is CC(Oc1cccc(Cl)c1Cl)C(=O)NCCC1CCCNC1.Cl. The molecule has 1 aromatic rings. The van der Waals surface area contributed by atoms with E-state index in [1.54, 1.807) is 25.1 Å². The van der Waals surface area contributed by atoms with Gasteiger partial charge in [0.1, 0.15) is 10.8 Å². The number of nitrogens with one attached hydrogen (secondary N) is 2. The highest BCUT2D eigenvalue weighted by Gasteiger charge is 2.18. The molecule has 0 radical (unpaired) electrons. The molecule has 2 atom stereocenters. The molecule has 0 bridgehead atoms. The Morgan fingerprint density at radius 3 is 2.96 bits per heavy atom. The molecule has 1 aliphatic rings. The van der Waals surface area contributed by atoms with Crippen molar-refractivity contribution in [3.05, 3.63) is 28.2 Å². The number of halogens is 3. The summed E-state index contributed by atoms with van der Waals surface area (Å²) in [5, 5.41) is 7.04. The molecule has 0 saturated carbocycles. The van der Waals surface area contributed by atoms with Gasteiger partial charge in [0.25, 0.3) is 5.91 Å². The summed E-state index contributed by atoms with van der Waals surface area (Å²) >= 11 is 12.0. The van der Waals surface area contributed by atoms with Crippen molar-refractivity contribution in [2.24, 2.45) is 5.92 Å². The topological polar surface area (TPSA) is 50.4 Å². The Morgan fingerprint density at radius 1 is 1.48 bits per heavy atom. The van der Waals surface area contributed by atoms with Crippen molar-refractivity contribution in [1.29, 1.82) is 0 Å². The number of ether oxygens (including phenoxy) is 1. The van der Waals surface area contributed by atoms with E-state index in [9.17, 15) is 4.79 Å². The first kappa shape index (κ1) is 20.4. The Hall–Kier alpha value is -0.680. The number of carbonyl (C=O) groups is 1. The molecule has 0 aliphatic carbocycles. The number of carbonyl (C=O) groups excluding carboxylic acids is 1. The van der Waals surface area contributed by atoms with Gasteiger partial charge in [-0.25, -0.2) is 0 Å². The molecule has 1 saturated heterocycles. The monoisotopic (exact) mass is 380 g/mol. The molecule has 2 rings (SSSR count). The summed E-state index contributed by atoms with van der Waals surface area (Å²) in [5.41, 5.74) is 0. The van der Waals surface area contributed by atoms with Crippen molar-refractivity contribution in [2.45, 2.75) is 32.3 Å². The van der Waals surface area contributed by atoms with Gasteiger partial charge in [0, 0.05) is 6.54 Å². The fourth-order valence-corrected chi connectivity index (χ4v) is 2.87. The van der Waals surface area contributed by atoms with Crippen molar-refractivity contribution in [3.63, 3.8) is 0 Å². The lowest BCUT2D eigenvalue weighted by atomic mass is 9.96. The zero-order valence-corrected chi connectivity index (χ0v) is 15.4. The van der Waals surface area contributed by atoms with Crippen LogP contribution < -0.4 is 15.4 Å². The third-order valence-electron chi connectivity index (χ3n) is 3.84. The van der Waals surface area contributed by atoms with Crippen molar-refractivity contribution in [3.8, 4) is 5.75 Å². The summed E-state index contributed by atoms with van der Waals surface area (Å²) in [7, 11) is 0. The van der Waals surface area contributed by atoms with Crippen LogP contribution in [0.5, 0.6) is 5.75 Å². The number of amides is 1. The van der Waals surface area contributed by atoms with Gasteiger partial charge in [-0.1, -0.05) is 29.3 Å². The molecule has 0 aromatic heterocycles. The minimum Gasteiger partial charge on any atom is -0.479 e. The standard InChI is InChI=1S/C16H22Cl2N2O2.ClH/c1-11(22-14-6-2-5-13(17)15(14)18)16(21)20-9-7-12-4-3-8-19-10-12;/h2,5-6,11-12,19H,3-4,7-10H2,1H3,(H,20,21);1H. The zero-order valence-electron chi connectivity index (χ0n) is 13.1. The fourth-order valence-electron chi connectivity index (χ4n) is 2.53. The molecular weight excluding hydrogens is 359 g/mol. The van der Waals surface area contributed by atoms with Crippen LogP contribution in [0.15, 0.2) is 18.2 Å². The lowest BCUT2D eigenvalue weighted by molar-refractivity contribution is -0.127. The Labute approximate surface area is 153 Å². The smallest absolute Gasteiger partial charge is 0.260 e. The molecule has 4 nitrogen and oxygen atoms in total. The van der Waals surface area contributed by atoms with Gasteiger partial charge in [-0.05, 0) is 57.3 Å². The van der Waals surface area contributed by atoms with Gasteiger partial charge < -0.3 is 15.4 Å². The molecule has 130 valence electrons. The highest BCUT2D eigenvalue weighted by molar-refractivity contribution is 6.42. The first-order chi connectivity index (χ1) is 10.6. The number of hydrogen-bond donors (Lipinski definition) is 2. The van der Waals surface area contributed by atoms with E-state index in [1.807, 2.05) is 0 Å². The van der Waals surface area contributed by atoms with Crippen LogP contribution in [-0.4, -0.2) is 31.6 Å². The van der Waals surface area contributed by atoms with Crippen molar-refractivity contribution in [2.75, 3.05) is 19.6 Å². The van der Waals surface area contributed by atoms with Crippen LogP contribution in [0, 0.1) is 5.92 Å². The van der Waals surface area contributed by atoms with Crippen molar-refractivity contribution < 1.29 is 9.53 Å². The summed E-state index contributed by atoms with van der Waals surface area (Å²) in [6, 6.07) is 5.12. The van der Waals surface area contributed by atoms with Gasteiger partial charge >= 0.3 is 0 Å². The van der Waals surface area contributed by atoms with Crippen LogP contribution in [0.25, 0.3) is 0 Å². The van der Waals surface area contributed by atoms with Crippen molar-refractivity contribution >= 4 is 41.5 Å². The maximum Gasteiger partial charge on any atom is 0.260 e. The lowest BCUT2D eigenvalue weighted by Crippen LogP contribution is -2.38. The van der Waals surface area contributed by atoms with Crippen LogP contribution in [0.4, 0.5) is 0 Å². The zero-order chi connectivity index (χ0) is 15.9. The second-order valence-corrected chi connectivity index (χ2v) is 6.39. The molecule has 1 aromatic carbocycles. The largest absolute Gasteiger partial charge is 0.479 e. The maximum atomic E-state index is 12.1. The van der Waals surface area contributed by atoms with E-state index >= 15 is 0 Å². The quantitative estimate of drug-likeness (QED) is 0.790. The van der Waals surface area contributed by atoms with Gasteiger partial charge in [-0.3, -0.25) is 4.79 Å². The second-order valence-electron chi connectivity index (χ2n) is 5.60. The van der Waals surface area contributed by atoms with Gasteiger partial charge in [0.2, 0.25) is 0 Å². The molecule has 0 spiro atoms. The molecular formula is C16H23Cl3N2O2. The summed E-state index contributed by atoms with van der Waals surface area (Å²) < 4.78 is 5.59. The van der Waals surface area contributed by atoms with Gasteiger partial charge in [0.15, 0.2) is 6.10 Å². The number of benzene rings is 1. The first-order valence-corrected chi connectivity index (χ1v) is 8.42. The normalized spacial score (nSPS) is 18.7. The van der Waals surface area contributed by atoms with E-state index in [4.69, 9.17) is 27.9 Å². The molecule has 1 aliphatic heterocycles. The minimum atomic E-state index is -0.611. The van der Waals surface area contributed by atoms with Gasteiger partial charge in [-0.15, -0.1) is 12.4 Å². The second kappa shape index (κ2) is 10.2. The molecule has 7 heteroatoms. The number of rotatable bonds is 6. The van der Waals surface area contributed by atoms with Crippen LogP contribution in [0.2, 0.25) is 10.0 Å². The van der Waals surface area contributed by atoms with E-state index in [0.717, 1.165) is 19.5 Å². The van der Waals surface area contributed by atoms with Crippen LogP contribution >= 0.6 is 35.6 Å². The molecule has 1 amide bonds. The Morgan fingerprint density at radius 2 is 2.26 bits per heavy atom. The summed E-state index contributed by atoms with van der Waals surface area (Å²) in [4.78, 5) is 12.1.